The van der Waals surface area contributed by atoms with E-state index in [4.69, 9.17) is 5.73 Å². The van der Waals surface area contributed by atoms with Gasteiger partial charge in [0.25, 0.3) is 0 Å². The Morgan fingerprint density at radius 2 is 2.25 bits per heavy atom. The average Bonchev–Trinajstić information content (AvgIpc) is 2.75. The first-order valence-corrected chi connectivity index (χ1v) is 7.96. The average molecular weight is 382 g/mol. The fraction of sp³-hybridized carbons (Fsp3) is 0.300. The monoisotopic (exact) mass is 380 g/mol. The SMILES string of the molecule is Cc1nc(CC(N)c2cc(Br)c(Br)s2)cs1. The third-order valence-corrected chi connectivity index (χ3v) is 6.34. The minimum atomic E-state index is 0.0223. The quantitative estimate of drug-likeness (QED) is 0.861. The summed E-state index contributed by atoms with van der Waals surface area (Å²) in [5.41, 5.74) is 7.23. The van der Waals surface area contributed by atoms with E-state index in [9.17, 15) is 0 Å². The number of halogens is 2. The number of nitrogens with two attached hydrogens (primary N) is 1. The molecule has 1 atom stereocenters. The molecule has 1 unspecified atom stereocenters. The molecule has 0 aromatic carbocycles. The molecule has 0 spiro atoms. The summed E-state index contributed by atoms with van der Waals surface area (Å²) in [5, 5.41) is 3.17. The molecule has 2 heterocycles. The van der Waals surface area contributed by atoms with Crippen molar-refractivity contribution >= 4 is 54.5 Å². The van der Waals surface area contributed by atoms with Crippen molar-refractivity contribution in [3.63, 3.8) is 0 Å². The van der Waals surface area contributed by atoms with Crippen LogP contribution >= 0.6 is 54.5 Å². The predicted molar refractivity (Wildman–Crippen MR) is 77.2 cm³/mol. The van der Waals surface area contributed by atoms with E-state index >= 15 is 0 Å². The molecule has 0 saturated heterocycles. The lowest BCUT2D eigenvalue weighted by Crippen LogP contribution is -2.11. The maximum Gasteiger partial charge on any atom is 0.0897 e. The second kappa shape index (κ2) is 5.27. The molecule has 0 aliphatic carbocycles. The number of hydrogen-bond donors (Lipinski definition) is 1. The van der Waals surface area contributed by atoms with Gasteiger partial charge in [0.1, 0.15) is 0 Å². The molecular formula is C10H10Br2N2S2. The summed E-state index contributed by atoms with van der Waals surface area (Å²) in [7, 11) is 0. The van der Waals surface area contributed by atoms with Crippen LogP contribution in [0.5, 0.6) is 0 Å². The lowest BCUT2D eigenvalue weighted by Gasteiger charge is -2.06. The summed E-state index contributed by atoms with van der Waals surface area (Å²) in [6.45, 7) is 2.01. The van der Waals surface area contributed by atoms with Crippen LogP contribution in [-0.4, -0.2) is 4.98 Å². The molecule has 86 valence electrons. The van der Waals surface area contributed by atoms with Crippen LogP contribution in [0.2, 0.25) is 0 Å². The summed E-state index contributed by atoms with van der Waals surface area (Å²) in [6, 6.07) is 2.09. The van der Waals surface area contributed by atoms with E-state index in [1.165, 1.54) is 4.88 Å². The lowest BCUT2D eigenvalue weighted by atomic mass is 10.1. The summed E-state index contributed by atoms with van der Waals surface area (Å²) in [5.74, 6) is 0. The molecule has 0 aliphatic heterocycles. The van der Waals surface area contributed by atoms with E-state index in [0.29, 0.717) is 0 Å². The van der Waals surface area contributed by atoms with Crippen LogP contribution in [0.4, 0.5) is 0 Å². The Hall–Kier alpha value is 0.250. The highest BCUT2D eigenvalue weighted by atomic mass is 79.9. The van der Waals surface area contributed by atoms with Gasteiger partial charge in [0.05, 0.1) is 14.5 Å². The lowest BCUT2D eigenvalue weighted by molar-refractivity contribution is 0.722. The molecule has 2 aromatic rings. The van der Waals surface area contributed by atoms with Crippen LogP contribution in [0.25, 0.3) is 0 Å². The first-order chi connectivity index (χ1) is 7.56. The molecule has 2 N–H and O–H groups in total. The predicted octanol–water partition coefficient (Wildman–Crippen LogP) is 4.28. The Labute approximate surface area is 119 Å². The van der Waals surface area contributed by atoms with E-state index < -0.39 is 0 Å². The number of aromatic nitrogens is 1. The zero-order chi connectivity index (χ0) is 11.7. The molecule has 16 heavy (non-hydrogen) atoms. The molecular weight excluding hydrogens is 372 g/mol. The topological polar surface area (TPSA) is 38.9 Å². The molecule has 0 aliphatic rings. The summed E-state index contributed by atoms with van der Waals surface area (Å²) >= 11 is 10.3. The van der Waals surface area contributed by atoms with Gasteiger partial charge in [-0.25, -0.2) is 4.98 Å². The van der Waals surface area contributed by atoms with Crippen molar-refractivity contribution in [2.45, 2.75) is 19.4 Å². The highest BCUT2D eigenvalue weighted by molar-refractivity contribution is 9.13. The zero-order valence-corrected chi connectivity index (χ0v) is 13.3. The smallest absolute Gasteiger partial charge is 0.0897 e. The molecule has 0 fully saturated rings. The third kappa shape index (κ3) is 2.92. The second-order valence-corrected chi connectivity index (χ2v) is 7.76. The number of rotatable bonds is 3. The molecule has 2 nitrogen and oxygen atoms in total. The fourth-order valence-electron chi connectivity index (χ4n) is 1.37. The minimum Gasteiger partial charge on any atom is -0.323 e. The van der Waals surface area contributed by atoms with Gasteiger partial charge >= 0.3 is 0 Å². The third-order valence-electron chi connectivity index (χ3n) is 2.13. The highest BCUT2D eigenvalue weighted by Crippen LogP contribution is 2.35. The molecule has 0 bridgehead atoms. The number of nitrogens with zero attached hydrogens (tertiary/aromatic N) is 1. The van der Waals surface area contributed by atoms with Crippen molar-refractivity contribution in [3.8, 4) is 0 Å². The van der Waals surface area contributed by atoms with Gasteiger partial charge in [0, 0.05) is 27.2 Å². The van der Waals surface area contributed by atoms with Crippen molar-refractivity contribution in [2.75, 3.05) is 0 Å². The van der Waals surface area contributed by atoms with Gasteiger partial charge in [-0.2, -0.15) is 0 Å². The molecule has 2 rings (SSSR count). The van der Waals surface area contributed by atoms with Crippen molar-refractivity contribution in [1.29, 1.82) is 0 Å². The molecule has 2 aromatic heterocycles. The van der Waals surface area contributed by atoms with Crippen LogP contribution in [0.1, 0.15) is 21.6 Å². The van der Waals surface area contributed by atoms with Crippen LogP contribution in [0.15, 0.2) is 19.7 Å². The molecule has 0 radical (unpaired) electrons. The van der Waals surface area contributed by atoms with Crippen molar-refractivity contribution in [3.05, 3.63) is 35.3 Å². The summed E-state index contributed by atoms with van der Waals surface area (Å²) in [6.07, 6.45) is 0.795. The van der Waals surface area contributed by atoms with Gasteiger partial charge in [-0.3, -0.25) is 0 Å². The van der Waals surface area contributed by atoms with E-state index in [1.54, 1.807) is 22.7 Å². The standard InChI is InChI=1S/C10H10Br2N2S2/c1-5-14-6(4-15-5)2-8(13)9-3-7(11)10(12)16-9/h3-4,8H,2,13H2,1H3. The maximum absolute atomic E-state index is 6.15. The molecule has 6 heteroatoms. The Bertz CT molecular complexity index is 473. The second-order valence-electron chi connectivity index (χ2n) is 3.44. The largest absolute Gasteiger partial charge is 0.323 e. The first kappa shape index (κ1) is 12.7. The summed E-state index contributed by atoms with van der Waals surface area (Å²) < 4.78 is 2.16. The number of thiazole rings is 1. The van der Waals surface area contributed by atoms with Crippen LogP contribution in [-0.2, 0) is 6.42 Å². The molecule has 0 amide bonds. The van der Waals surface area contributed by atoms with Crippen LogP contribution < -0.4 is 5.73 Å². The van der Waals surface area contributed by atoms with Crippen molar-refractivity contribution in [1.82, 2.24) is 4.98 Å². The normalized spacial score (nSPS) is 13.0. The van der Waals surface area contributed by atoms with Gasteiger partial charge in [0.15, 0.2) is 0 Å². The van der Waals surface area contributed by atoms with E-state index in [1.807, 2.05) is 6.92 Å². The molecule has 0 saturated carbocycles. The minimum absolute atomic E-state index is 0.0223. The van der Waals surface area contributed by atoms with Gasteiger partial charge in [-0.15, -0.1) is 22.7 Å². The van der Waals surface area contributed by atoms with Gasteiger partial charge in [-0.05, 0) is 44.8 Å². The van der Waals surface area contributed by atoms with E-state index in [-0.39, 0.29) is 6.04 Å². The van der Waals surface area contributed by atoms with E-state index in [2.05, 4.69) is 48.3 Å². The zero-order valence-electron chi connectivity index (χ0n) is 8.54. The Kier molecular flexibility index (Phi) is 4.18. The Morgan fingerprint density at radius 3 is 2.75 bits per heavy atom. The van der Waals surface area contributed by atoms with Crippen molar-refractivity contribution < 1.29 is 0 Å². The summed E-state index contributed by atoms with van der Waals surface area (Å²) in [4.78, 5) is 5.60. The van der Waals surface area contributed by atoms with Gasteiger partial charge in [0.2, 0.25) is 0 Å². The fourth-order valence-corrected chi connectivity index (χ4v) is 4.09. The number of hydrogen-bond acceptors (Lipinski definition) is 4. The van der Waals surface area contributed by atoms with Crippen LogP contribution in [0.3, 0.4) is 0 Å². The van der Waals surface area contributed by atoms with Gasteiger partial charge in [-0.1, -0.05) is 0 Å². The maximum atomic E-state index is 6.15. The van der Waals surface area contributed by atoms with Crippen molar-refractivity contribution in [2.24, 2.45) is 5.73 Å². The van der Waals surface area contributed by atoms with Crippen LogP contribution in [0, 0.1) is 6.92 Å². The van der Waals surface area contributed by atoms with E-state index in [0.717, 1.165) is 25.4 Å². The number of aryl methyl sites for hydroxylation is 1. The first-order valence-electron chi connectivity index (χ1n) is 4.67. The number of thiophene rings is 1. The highest BCUT2D eigenvalue weighted by Gasteiger charge is 2.13. The Balaban J connectivity index is 2.11. The Morgan fingerprint density at radius 1 is 1.50 bits per heavy atom. The van der Waals surface area contributed by atoms with Gasteiger partial charge < -0.3 is 5.73 Å².